The molecule has 2 aromatic rings. The summed E-state index contributed by atoms with van der Waals surface area (Å²) >= 11 is 0. The summed E-state index contributed by atoms with van der Waals surface area (Å²) in [6.45, 7) is 16.4. The number of nitriles is 1. The van der Waals surface area contributed by atoms with Crippen molar-refractivity contribution in [2.75, 3.05) is 13.1 Å². The second-order valence-corrected chi connectivity index (χ2v) is 12.9. The van der Waals surface area contributed by atoms with Gasteiger partial charge >= 0.3 is 0 Å². The molecule has 0 spiro atoms. The number of nitrogens with zero attached hydrogens (tertiary/aromatic N) is 5. The molecule has 0 saturated carbocycles. The van der Waals surface area contributed by atoms with E-state index in [1.165, 1.54) is 4.57 Å². The van der Waals surface area contributed by atoms with Crippen LogP contribution in [-0.4, -0.2) is 33.6 Å². The molecule has 46 heavy (non-hydrogen) atoms. The molecular formula is C38H59N5O3. The first-order valence-electron chi connectivity index (χ1n) is 17.9. The third-order valence-corrected chi connectivity index (χ3v) is 9.44. The van der Waals surface area contributed by atoms with Crippen molar-refractivity contribution in [1.82, 2.24) is 9.47 Å². The van der Waals surface area contributed by atoms with Gasteiger partial charge in [0, 0.05) is 30.8 Å². The number of benzene rings is 1. The predicted molar refractivity (Wildman–Crippen MR) is 188 cm³/mol. The molecule has 0 aliphatic heterocycles. The average molecular weight is 634 g/mol. The van der Waals surface area contributed by atoms with Crippen LogP contribution < -0.4 is 5.56 Å². The molecule has 0 radical (unpaired) electrons. The van der Waals surface area contributed by atoms with Crippen LogP contribution in [0.4, 0.5) is 11.4 Å². The van der Waals surface area contributed by atoms with Crippen LogP contribution in [0, 0.1) is 36.0 Å². The first kappa shape index (κ1) is 38.7. The van der Waals surface area contributed by atoms with Crippen LogP contribution in [0.3, 0.4) is 0 Å². The van der Waals surface area contributed by atoms with E-state index in [4.69, 9.17) is 0 Å². The maximum absolute atomic E-state index is 14.0. The number of azo groups is 1. The lowest BCUT2D eigenvalue weighted by atomic mass is 9.95. The van der Waals surface area contributed by atoms with Gasteiger partial charge in [-0.05, 0) is 62.1 Å². The quantitative estimate of drug-likeness (QED) is 0.138. The zero-order chi connectivity index (χ0) is 34.1. The van der Waals surface area contributed by atoms with E-state index in [-0.39, 0.29) is 29.0 Å². The molecule has 3 unspecified atom stereocenters. The summed E-state index contributed by atoms with van der Waals surface area (Å²) in [7, 11) is 0. The summed E-state index contributed by atoms with van der Waals surface area (Å²) in [6, 6.07) is 9.15. The summed E-state index contributed by atoms with van der Waals surface area (Å²) < 4.78 is 1.27. The molecule has 0 saturated heterocycles. The molecule has 2 rings (SSSR count). The lowest BCUT2D eigenvalue weighted by molar-refractivity contribution is 0.0685. The number of rotatable bonds is 21. The standard InChI is InChI=1S/C38H59N5O3/c1-8-14-18-29(11-4)25-42(26-30(12-5)19-15-9-2)36(44)32-21-17-22-33(23-32)40-41-35-28(7)34(24-39)37(45)43(38(35)46)27-31(13-6)20-16-10-3/h17,21-23,29-31,45H,8-16,18-20,25-27H2,1-7H3. The fourth-order valence-electron chi connectivity index (χ4n) is 6.09. The van der Waals surface area contributed by atoms with Gasteiger partial charge in [-0.15, -0.1) is 5.11 Å². The highest BCUT2D eigenvalue weighted by molar-refractivity contribution is 5.95. The van der Waals surface area contributed by atoms with Crippen molar-refractivity contribution < 1.29 is 9.90 Å². The van der Waals surface area contributed by atoms with Gasteiger partial charge in [0.05, 0.1) is 5.69 Å². The topological polar surface area (TPSA) is 111 Å². The Kier molecular flexibility index (Phi) is 17.3. The fourth-order valence-corrected chi connectivity index (χ4v) is 6.09. The zero-order valence-electron chi connectivity index (χ0n) is 29.6. The van der Waals surface area contributed by atoms with Gasteiger partial charge in [0.2, 0.25) is 5.88 Å². The van der Waals surface area contributed by atoms with Crippen LogP contribution in [0.1, 0.15) is 140 Å². The fraction of sp³-hybridized carbons (Fsp3) is 0.658. The van der Waals surface area contributed by atoms with Gasteiger partial charge in [-0.25, -0.2) is 0 Å². The highest BCUT2D eigenvalue weighted by Gasteiger charge is 2.24. The molecule has 1 heterocycles. The largest absolute Gasteiger partial charge is 0.493 e. The molecule has 1 amide bonds. The minimum Gasteiger partial charge on any atom is -0.493 e. The minimum atomic E-state index is -0.471. The Morgan fingerprint density at radius 1 is 0.891 bits per heavy atom. The molecule has 0 aliphatic carbocycles. The number of aromatic hydroxyl groups is 1. The third-order valence-electron chi connectivity index (χ3n) is 9.44. The van der Waals surface area contributed by atoms with Crippen LogP contribution in [0.25, 0.3) is 0 Å². The Morgan fingerprint density at radius 2 is 1.43 bits per heavy atom. The smallest absolute Gasteiger partial charge is 0.281 e. The second-order valence-electron chi connectivity index (χ2n) is 12.9. The summed E-state index contributed by atoms with van der Waals surface area (Å²) in [5.41, 5.74) is 0.878. The molecule has 1 aromatic carbocycles. The van der Waals surface area contributed by atoms with Crippen molar-refractivity contribution in [3.8, 4) is 11.9 Å². The molecule has 0 aliphatic rings. The van der Waals surface area contributed by atoms with Gasteiger partial charge in [0.15, 0.2) is 5.69 Å². The Bertz CT molecular complexity index is 1340. The van der Waals surface area contributed by atoms with E-state index in [2.05, 4.69) is 56.7 Å². The van der Waals surface area contributed by atoms with E-state index in [9.17, 15) is 20.0 Å². The van der Waals surface area contributed by atoms with E-state index >= 15 is 0 Å². The van der Waals surface area contributed by atoms with E-state index in [1.807, 2.05) is 12.1 Å². The number of pyridine rings is 1. The normalized spacial score (nSPS) is 13.4. The minimum absolute atomic E-state index is 0.00503. The molecule has 1 aromatic heterocycles. The number of amides is 1. The van der Waals surface area contributed by atoms with Crippen LogP contribution in [0.15, 0.2) is 39.3 Å². The average Bonchev–Trinajstić information content (AvgIpc) is 3.07. The monoisotopic (exact) mass is 633 g/mol. The van der Waals surface area contributed by atoms with Crippen molar-refractivity contribution in [1.29, 1.82) is 5.26 Å². The molecule has 254 valence electrons. The van der Waals surface area contributed by atoms with Gasteiger partial charge in [0.1, 0.15) is 11.6 Å². The first-order chi connectivity index (χ1) is 22.2. The Balaban J connectivity index is 2.46. The molecule has 8 nitrogen and oxygen atoms in total. The molecule has 3 atom stereocenters. The Labute approximate surface area is 277 Å². The van der Waals surface area contributed by atoms with Crippen LogP contribution in [0.5, 0.6) is 5.88 Å². The van der Waals surface area contributed by atoms with Crippen molar-refractivity contribution in [2.24, 2.45) is 28.0 Å². The number of hydrogen-bond donors (Lipinski definition) is 1. The van der Waals surface area contributed by atoms with Crippen molar-refractivity contribution >= 4 is 17.3 Å². The summed E-state index contributed by atoms with van der Waals surface area (Å²) in [5, 5.41) is 29.4. The number of unbranched alkanes of at least 4 members (excludes halogenated alkanes) is 3. The van der Waals surface area contributed by atoms with Crippen molar-refractivity contribution in [3.63, 3.8) is 0 Å². The number of carbonyl (C=O) groups is 1. The summed E-state index contributed by atoms with van der Waals surface area (Å²) in [5.74, 6) is 0.781. The van der Waals surface area contributed by atoms with Crippen LogP contribution >= 0.6 is 0 Å². The molecule has 0 fully saturated rings. The second kappa shape index (κ2) is 20.6. The van der Waals surface area contributed by atoms with Crippen molar-refractivity contribution in [2.45, 2.75) is 132 Å². The molecule has 1 N–H and O–H groups in total. The SMILES string of the molecule is CCCCC(CC)CN(CC(CC)CCCC)C(=O)c1cccc(N=Nc2c(C)c(C#N)c(O)n(CC(CC)CCCC)c2=O)c1. The Hall–Kier alpha value is -3.47. The van der Waals surface area contributed by atoms with E-state index in [1.54, 1.807) is 25.1 Å². The highest BCUT2D eigenvalue weighted by Crippen LogP contribution is 2.29. The number of aromatic nitrogens is 1. The molecular weight excluding hydrogens is 574 g/mol. The third kappa shape index (κ3) is 11.1. The summed E-state index contributed by atoms with van der Waals surface area (Å²) in [6.07, 6.45) is 12.8. The molecule has 0 bridgehead atoms. The zero-order valence-corrected chi connectivity index (χ0v) is 29.6. The van der Waals surface area contributed by atoms with Gasteiger partial charge in [-0.2, -0.15) is 10.4 Å². The maximum Gasteiger partial charge on any atom is 0.281 e. The number of carbonyl (C=O) groups excluding carboxylic acids is 1. The van der Waals surface area contributed by atoms with Crippen molar-refractivity contribution in [3.05, 3.63) is 51.3 Å². The van der Waals surface area contributed by atoms with E-state index in [0.29, 0.717) is 35.2 Å². The van der Waals surface area contributed by atoms with Gasteiger partial charge < -0.3 is 10.0 Å². The van der Waals surface area contributed by atoms with Gasteiger partial charge in [0.25, 0.3) is 11.5 Å². The lowest BCUT2D eigenvalue weighted by Crippen LogP contribution is -2.39. The maximum atomic E-state index is 14.0. The lowest BCUT2D eigenvalue weighted by Gasteiger charge is -2.31. The number of hydrogen-bond acceptors (Lipinski definition) is 6. The van der Waals surface area contributed by atoms with Crippen LogP contribution in [0.2, 0.25) is 0 Å². The van der Waals surface area contributed by atoms with Gasteiger partial charge in [-0.3, -0.25) is 14.2 Å². The predicted octanol–water partition coefficient (Wildman–Crippen LogP) is 10.2. The first-order valence-corrected chi connectivity index (χ1v) is 17.9. The molecule has 8 heteroatoms. The van der Waals surface area contributed by atoms with E-state index < -0.39 is 5.56 Å². The Morgan fingerprint density at radius 3 is 1.93 bits per heavy atom. The van der Waals surface area contributed by atoms with E-state index in [0.717, 1.165) is 90.1 Å². The van der Waals surface area contributed by atoms with Gasteiger partial charge in [-0.1, -0.05) is 105 Å². The van der Waals surface area contributed by atoms with Crippen LogP contribution in [-0.2, 0) is 6.54 Å². The summed E-state index contributed by atoms with van der Waals surface area (Å²) in [4.78, 5) is 29.7. The highest BCUT2D eigenvalue weighted by atomic mass is 16.3.